The molecule has 0 fully saturated rings. The van der Waals surface area contributed by atoms with Crippen molar-refractivity contribution in [3.63, 3.8) is 0 Å². The number of carbonyl (C=O) groups excluding carboxylic acids is 3. The zero-order valence-corrected chi connectivity index (χ0v) is 21.2. The number of rotatable bonds is 9. The van der Waals surface area contributed by atoms with Crippen molar-refractivity contribution in [1.29, 1.82) is 0 Å². The Bertz CT molecular complexity index is 1170. The number of carbonyl (C=O) groups is 3. The van der Waals surface area contributed by atoms with Crippen molar-refractivity contribution in [2.75, 3.05) is 19.6 Å². The van der Waals surface area contributed by atoms with Crippen LogP contribution in [-0.2, 0) is 16.0 Å². The number of urea groups is 1. The van der Waals surface area contributed by atoms with Crippen LogP contribution in [-0.4, -0.2) is 53.3 Å². The molecule has 0 saturated carbocycles. The Labute approximate surface area is 212 Å². The second-order valence-corrected chi connectivity index (χ2v) is 9.83. The van der Waals surface area contributed by atoms with Gasteiger partial charge in [-0.3, -0.25) is 14.5 Å². The van der Waals surface area contributed by atoms with Gasteiger partial charge in [-0.15, -0.1) is 6.58 Å². The van der Waals surface area contributed by atoms with E-state index in [1.165, 1.54) is 0 Å². The lowest BCUT2D eigenvalue weighted by Gasteiger charge is -2.33. The molecular weight excluding hydrogens is 452 g/mol. The van der Waals surface area contributed by atoms with Gasteiger partial charge in [0.15, 0.2) is 0 Å². The number of hydrogen-bond acceptors (Lipinski definition) is 3. The van der Waals surface area contributed by atoms with E-state index in [-0.39, 0.29) is 36.9 Å². The van der Waals surface area contributed by atoms with E-state index in [4.69, 9.17) is 0 Å². The smallest absolute Gasteiger partial charge is 0.322 e. The van der Waals surface area contributed by atoms with Gasteiger partial charge in [0.05, 0.1) is 23.9 Å². The van der Waals surface area contributed by atoms with E-state index >= 15 is 0 Å². The predicted octanol–water partition coefficient (Wildman–Crippen LogP) is 3.73. The van der Waals surface area contributed by atoms with E-state index in [0.29, 0.717) is 24.2 Å². The SMILES string of the molecule is C=CCN1C(=O)N[C@H](c2ccc(C)cc2)C2=C1CN([C@@H](Cc1ccccc1)C(=O)NCC(C)C)C2=O. The number of amides is 4. The molecule has 7 heteroatoms. The van der Waals surface area contributed by atoms with Gasteiger partial charge in [-0.1, -0.05) is 80.1 Å². The van der Waals surface area contributed by atoms with Crippen LogP contribution in [0, 0.1) is 12.8 Å². The lowest BCUT2D eigenvalue weighted by atomic mass is 9.94. The van der Waals surface area contributed by atoms with E-state index in [1.54, 1.807) is 15.9 Å². The third-order valence-electron chi connectivity index (χ3n) is 6.61. The summed E-state index contributed by atoms with van der Waals surface area (Å²) in [7, 11) is 0. The molecule has 7 nitrogen and oxygen atoms in total. The minimum atomic E-state index is -0.705. The van der Waals surface area contributed by atoms with E-state index in [9.17, 15) is 14.4 Å². The van der Waals surface area contributed by atoms with E-state index in [0.717, 1.165) is 16.7 Å². The van der Waals surface area contributed by atoms with Crippen molar-refractivity contribution in [1.82, 2.24) is 20.4 Å². The molecule has 0 saturated heterocycles. The van der Waals surface area contributed by atoms with Crippen molar-refractivity contribution in [2.45, 2.75) is 39.3 Å². The van der Waals surface area contributed by atoms with Crippen molar-refractivity contribution < 1.29 is 14.4 Å². The summed E-state index contributed by atoms with van der Waals surface area (Å²) in [5, 5.41) is 6.01. The van der Waals surface area contributed by atoms with Crippen molar-refractivity contribution >= 4 is 17.8 Å². The lowest BCUT2D eigenvalue weighted by molar-refractivity contribution is -0.136. The third kappa shape index (κ3) is 5.20. The fourth-order valence-electron chi connectivity index (χ4n) is 4.70. The largest absolute Gasteiger partial charge is 0.354 e. The standard InChI is InChI=1S/C29H34N4O3/c1-5-15-32-24-18-33(23(27(34)30-17-19(2)3)16-21-9-7-6-8-10-21)28(35)25(24)26(31-29(32)36)22-13-11-20(4)12-14-22/h5-14,19,23,26H,1,15-18H2,2-4H3,(H,30,34)(H,31,36)/t23-,26+/m0/s1. The molecule has 0 bridgehead atoms. The number of nitrogens with zero attached hydrogens (tertiary/aromatic N) is 2. The fourth-order valence-corrected chi connectivity index (χ4v) is 4.70. The van der Waals surface area contributed by atoms with Gasteiger partial charge in [0.2, 0.25) is 5.91 Å². The van der Waals surface area contributed by atoms with Gasteiger partial charge in [0, 0.05) is 19.5 Å². The maximum Gasteiger partial charge on any atom is 0.322 e. The molecule has 0 unspecified atom stereocenters. The molecule has 4 rings (SSSR count). The van der Waals surface area contributed by atoms with Crippen molar-refractivity contribution in [3.05, 3.63) is 95.2 Å². The van der Waals surface area contributed by atoms with Gasteiger partial charge in [0.1, 0.15) is 6.04 Å². The fraction of sp³-hybridized carbons (Fsp3) is 0.345. The topological polar surface area (TPSA) is 81.8 Å². The third-order valence-corrected chi connectivity index (χ3v) is 6.61. The minimum absolute atomic E-state index is 0.185. The molecule has 0 spiro atoms. The van der Waals surface area contributed by atoms with Crippen LogP contribution >= 0.6 is 0 Å². The first-order chi connectivity index (χ1) is 17.3. The highest BCUT2D eigenvalue weighted by atomic mass is 16.2. The maximum atomic E-state index is 14.0. The van der Waals surface area contributed by atoms with E-state index < -0.39 is 12.1 Å². The molecule has 36 heavy (non-hydrogen) atoms. The van der Waals surface area contributed by atoms with Crippen LogP contribution in [0.2, 0.25) is 0 Å². The molecule has 2 heterocycles. The summed E-state index contributed by atoms with van der Waals surface area (Å²) in [6.45, 7) is 10.8. The molecule has 2 aliphatic heterocycles. The number of hydrogen-bond donors (Lipinski definition) is 2. The Morgan fingerprint density at radius 3 is 2.47 bits per heavy atom. The summed E-state index contributed by atoms with van der Waals surface area (Å²) >= 11 is 0. The normalized spacial score (nSPS) is 18.3. The second-order valence-electron chi connectivity index (χ2n) is 9.83. The quantitative estimate of drug-likeness (QED) is 0.530. The lowest BCUT2D eigenvalue weighted by Crippen LogP contribution is -2.50. The molecule has 0 aromatic heterocycles. The van der Waals surface area contributed by atoms with E-state index in [2.05, 4.69) is 17.2 Å². The Morgan fingerprint density at radius 1 is 1.14 bits per heavy atom. The second kappa shape index (κ2) is 10.8. The summed E-state index contributed by atoms with van der Waals surface area (Å²) in [5.41, 5.74) is 4.03. The Kier molecular flexibility index (Phi) is 7.58. The van der Waals surface area contributed by atoms with Crippen LogP contribution in [0.3, 0.4) is 0 Å². The van der Waals surface area contributed by atoms with Crippen molar-refractivity contribution in [3.8, 4) is 0 Å². The number of nitrogens with one attached hydrogen (secondary N) is 2. The summed E-state index contributed by atoms with van der Waals surface area (Å²) in [4.78, 5) is 43.7. The average molecular weight is 487 g/mol. The highest BCUT2D eigenvalue weighted by molar-refractivity contribution is 6.03. The van der Waals surface area contributed by atoms with Gasteiger partial charge in [0.25, 0.3) is 5.91 Å². The first-order valence-electron chi connectivity index (χ1n) is 12.4. The van der Waals surface area contributed by atoms with Gasteiger partial charge in [-0.05, 0) is 24.0 Å². The molecule has 0 radical (unpaired) electrons. The van der Waals surface area contributed by atoms with Crippen LogP contribution < -0.4 is 10.6 Å². The van der Waals surface area contributed by atoms with Gasteiger partial charge < -0.3 is 15.5 Å². The molecule has 2 atom stereocenters. The Balaban J connectivity index is 1.71. The van der Waals surface area contributed by atoms with Crippen LogP contribution in [0.25, 0.3) is 0 Å². The number of benzene rings is 2. The monoisotopic (exact) mass is 486 g/mol. The zero-order chi connectivity index (χ0) is 25.8. The Hall–Kier alpha value is -3.87. The van der Waals surface area contributed by atoms with Gasteiger partial charge in [-0.2, -0.15) is 0 Å². The molecule has 4 amide bonds. The molecule has 2 aromatic rings. The molecule has 188 valence electrons. The summed E-state index contributed by atoms with van der Waals surface area (Å²) in [6, 6.07) is 15.9. The zero-order valence-electron chi connectivity index (χ0n) is 21.2. The van der Waals surface area contributed by atoms with Gasteiger partial charge >= 0.3 is 6.03 Å². The molecule has 2 aromatic carbocycles. The predicted molar refractivity (Wildman–Crippen MR) is 140 cm³/mol. The average Bonchev–Trinajstić information content (AvgIpc) is 3.20. The number of aryl methyl sites for hydroxylation is 1. The highest BCUT2D eigenvalue weighted by Gasteiger charge is 2.46. The first kappa shape index (κ1) is 25.2. The maximum absolute atomic E-state index is 14.0. The molecule has 0 aliphatic carbocycles. The van der Waals surface area contributed by atoms with Crippen LogP contribution in [0.5, 0.6) is 0 Å². The molecule has 2 aliphatic rings. The summed E-state index contributed by atoms with van der Waals surface area (Å²) in [5.74, 6) is -0.143. The molecular formula is C29H34N4O3. The van der Waals surface area contributed by atoms with Crippen LogP contribution in [0.15, 0.2) is 78.5 Å². The summed E-state index contributed by atoms with van der Waals surface area (Å²) in [6.07, 6.45) is 2.02. The van der Waals surface area contributed by atoms with E-state index in [1.807, 2.05) is 75.4 Å². The minimum Gasteiger partial charge on any atom is -0.354 e. The molecule has 2 N–H and O–H groups in total. The van der Waals surface area contributed by atoms with Crippen LogP contribution in [0.4, 0.5) is 4.79 Å². The van der Waals surface area contributed by atoms with Crippen LogP contribution in [0.1, 0.15) is 36.6 Å². The van der Waals surface area contributed by atoms with Gasteiger partial charge in [-0.25, -0.2) is 4.79 Å². The Morgan fingerprint density at radius 2 is 1.83 bits per heavy atom. The highest BCUT2D eigenvalue weighted by Crippen LogP contribution is 2.37. The summed E-state index contributed by atoms with van der Waals surface area (Å²) < 4.78 is 0. The first-order valence-corrected chi connectivity index (χ1v) is 12.4. The van der Waals surface area contributed by atoms with Crippen molar-refractivity contribution in [2.24, 2.45) is 5.92 Å².